The lowest BCUT2D eigenvalue weighted by Crippen LogP contribution is -2.43. The minimum Gasteiger partial charge on any atom is -0.353 e. The fourth-order valence-corrected chi connectivity index (χ4v) is 2.41. The molecule has 0 saturated carbocycles. The van der Waals surface area contributed by atoms with Gasteiger partial charge in [0.2, 0.25) is 5.91 Å². The summed E-state index contributed by atoms with van der Waals surface area (Å²) < 4.78 is 1.70. The van der Waals surface area contributed by atoms with Crippen LogP contribution in [0.1, 0.15) is 5.69 Å². The summed E-state index contributed by atoms with van der Waals surface area (Å²) in [6.45, 7) is 0.966. The maximum Gasteiger partial charge on any atom is 0.237 e. The summed E-state index contributed by atoms with van der Waals surface area (Å²) in [7, 11) is 0. The molecule has 7 heteroatoms. The lowest BCUT2D eigenvalue weighted by molar-refractivity contribution is -0.122. The third-order valence-electron chi connectivity index (χ3n) is 3.74. The van der Waals surface area contributed by atoms with Gasteiger partial charge >= 0.3 is 0 Å². The van der Waals surface area contributed by atoms with Crippen LogP contribution in [-0.4, -0.2) is 38.5 Å². The number of carbonyl (C=O) groups excluding carboxylic acids is 1. The molecule has 3 N–H and O–H groups in total. The molecule has 0 fully saturated rings. The number of nitrogens with two attached hydrogens (primary N) is 1. The van der Waals surface area contributed by atoms with Crippen LogP contribution >= 0.6 is 0 Å². The highest BCUT2D eigenvalue weighted by atomic mass is 16.2. The summed E-state index contributed by atoms with van der Waals surface area (Å²) in [6, 6.07) is 14.8. The standard InChI is InChI=1S/C18H20N6O/c19-16(12-15-8-4-5-9-20-15)18(25)21-10-11-24-13-17(22-23-24)14-6-2-1-3-7-14/h1-9,13,16H,10-12,19H2,(H,21,25)/t16-/m1/s1. The Morgan fingerprint density at radius 1 is 1.16 bits per heavy atom. The number of hydrogen-bond acceptors (Lipinski definition) is 5. The zero-order chi connectivity index (χ0) is 17.5. The minimum atomic E-state index is -0.620. The van der Waals surface area contributed by atoms with Crippen molar-refractivity contribution in [2.24, 2.45) is 5.73 Å². The van der Waals surface area contributed by atoms with E-state index in [0.717, 1.165) is 17.0 Å². The van der Waals surface area contributed by atoms with E-state index in [0.29, 0.717) is 19.5 Å². The zero-order valence-electron chi connectivity index (χ0n) is 13.7. The van der Waals surface area contributed by atoms with Crippen LogP contribution in [0.4, 0.5) is 0 Å². The largest absolute Gasteiger partial charge is 0.353 e. The average molecular weight is 336 g/mol. The van der Waals surface area contributed by atoms with Gasteiger partial charge < -0.3 is 11.1 Å². The van der Waals surface area contributed by atoms with Crippen LogP contribution in [0.2, 0.25) is 0 Å². The SMILES string of the molecule is N[C@H](Cc1ccccn1)C(=O)NCCn1cc(-c2ccccc2)nn1. The van der Waals surface area contributed by atoms with Crippen LogP contribution in [0.3, 0.4) is 0 Å². The van der Waals surface area contributed by atoms with Gasteiger partial charge in [-0.3, -0.25) is 14.5 Å². The Labute approximate surface area is 145 Å². The molecule has 3 rings (SSSR count). The lowest BCUT2D eigenvalue weighted by Gasteiger charge is -2.11. The summed E-state index contributed by atoms with van der Waals surface area (Å²) >= 11 is 0. The molecular formula is C18H20N6O. The number of benzene rings is 1. The normalized spacial score (nSPS) is 11.9. The van der Waals surface area contributed by atoms with E-state index in [1.165, 1.54) is 0 Å². The van der Waals surface area contributed by atoms with Crippen molar-refractivity contribution in [1.29, 1.82) is 0 Å². The number of pyridine rings is 1. The Bertz CT molecular complexity index is 803. The van der Waals surface area contributed by atoms with Crippen molar-refractivity contribution >= 4 is 5.91 Å². The Kier molecular flexibility index (Phi) is 5.48. The lowest BCUT2D eigenvalue weighted by atomic mass is 10.1. The van der Waals surface area contributed by atoms with Crippen molar-refractivity contribution < 1.29 is 4.79 Å². The molecule has 0 aliphatic carbocycles. The van der Waals surface area contributed by atoms with Gasteiger partial charge in [-0.25, -0.2) is 0 Å². The maximum absolute atomic E-state index is 12.1. The first-order valence-corrected chi connectivity index (χ1v) is 8.11. The minimum absolute atomic E-state index is 0.200. The van der Waals surface area contributed by atoms with E-state index in [2.05, 4.69) is 20.6 Å². The Balaban J connectivity index is 1.46. The summed E-state index contributed by atoms with van der Waals surface area (Å²) in [5, 5.41) is 11.0. The van der Waals surface area contributed by atoms with Crippen LogP contribution in [0.15, 0.2) is 60.9 Å². The van der Waals surface area contributed by atoms with Gasteiger partial charge in [0, 0.05) is 30.4 Å². The van der Waals surface area contributed by atoms with E-state index in [9.17, 15) is 4.79 Å². The van der Waals surface area contributed by atoms with Crippen molar-refractivity contribution in [3.05, 3.63) is 66.6 Å². The van der Waals surface area contributed by atoms with Gasteiger partial charge in [-0.15, -0.1) is 5.10 Å². The summed E-state index contributed by atoms with van der Waals surface area (Å²) in [4.78, 5) is 16.2. The highest BCUT2D eigenvalue weighted by molar-refractivity contribution is 5.81. The number of aromatic nitrogens is 4. The summed E-state index contributed by atoms with van der Waals surface area (Å²) in [5.74, 6) is -0.200. The molecular weight excluding hydrogens is 316 g/mol. The quantitative estimate of drug-likeness (QED) is 0.671. The van der Waals surface area contributed by atoms with Crippen molar-refractivity contribution in [3.8, 4) is 11.3 Å². The van der Waals surface area contributed by atoms with Crippen LogP contribution in [0, 0.1) is 0 Å². The molecule has 0 saturated heterocycles. The molecule has 0 bridgehead atoms. The van der Waals surface area contributed by atoms with Gasteiger partial charge in [-0.1, -0.05) is 41.6 Å². The topological polar surface area (TPSA) is 98.7 Å². The molecule has 0 spiro atoms. The van der Waals surface area contributed by atoms with E-state index in [1.807, 2.05) is 54.7 Å². The molecule has 1 aromatic carbocycles. The predicted molar refractivity (Wildman–Crippen MR) is 94.4 cm³/mol. The third kappa shape index (κ3) is 4.71. The molecule has 0 aliphatic rings. The van der Waals surface area contributed by atoms with Crippen LogP contribution in [0.25, 0.3) is 11.3 Å². The van der Waals surface area contributed by atoms with Gasteiger partial charge in [0.25, 0.3) is 0 Å². The summed E-state index contributed by atoms with van der Waals surface area (Å²) in [5.41, 5.74) is 8.54. The molecule has 25 heavy (non-hydrogen) atoms. The van der Waals surface area contributed by atoms with Crippen LogP contribution < -0.4 is 11.1 Å². The van der Waals surface area contributed by atoms with Crippen LogP contribution in [0.5, 0.6) is 0 Å². The van der Waals surface area contributed by atoms with E-state index in [-0.39, 0.29) is 5.91 Å². The summed E-state index contributed by atoms with van der Waals surface area (Å²) in [6.07, 6.45) is 3.96. The van der Waals surface area contributed by atoms with Crippen molar-refractivity contribution in [1.82, 2.24) is 25.3 Å². The molecule has 0 aliphatic heterocycles. The Morgan fingerprint density at radius 3 is 2.72 bits per heavy atom. The van der Waals surface area contributed by atoms with E-state index in [4.69, 9.17) is 5.73 Å². The van der Waals surface area contributed by atoms with Gasteiger partial charge in [0.15, 0.2) is 0 Å². The monoisotopic (exact) mass is 336 g/mol. The van der Waals surface area contributed by atoms with Gasteiger partial charge in [0.05, 0.1) is 18.8 Å². The first-order chi connectivity index (χ1) is 12.2. The molecule has 3 aromatic rings. The van der Waals surface area contributed by atoms with E-state index in [1.54, 1.807) is 10.9 Å². The number of nitrogens with zero attached hydrogens (tertiary/aromatic N) is 4. The van der Waals surface area contributed by atoms with Crippen molar-refractivity contribution in [2.45, 2.75) is 19.0 Å². The fraction of sp³-hybridized carbons (Fsp3) is 0.222. The molecule has 128 valence electrons. The van der Waals surface area contributed by atoms with Gasteiger partial charge in [-0.2, -0.15) is 0 Å². The third-order valence-corrected chi connectivity index (χ3v) is 3.74. The first kappa shape index (κ1) is 16.8. The first-order valence-electron chi connectivity index (χ1n) is 8.11. The van der Waals surface area contributed by atoms with Gasteiger partial charge in [0.1, 0.15) is 5.69 Å². The highest BCUT2D eigenvalue weighted by Gasteiger charge is 2.14. The average Bonchev–Trinajstić information content (AvgIpc) is 3.12. The smallest absolute Gasteiger partial charge is 0.237 e. The maximum atomic E-state index is 12.1. The zero-order valence-corrected chi connectivity index (χ0v) is 13.7. The van der Waals surface area contributed by atoms with Gasteiger partial charge in [-0.05, 0) is 12.1 Å². The Morgan fingerprint density at radius 2 is 1.96 bits per heavy atom. The molecule has 2 aromatic heterocycles. The Hall–Kier alpha value is -3.06. The molecule has 0 radical (unpaired) electrons. The molecule has 2 heterocycles. The predicted octanol–water partition coefficient (Wildman–Crippen LogP) is 1.03. The van der Waals surface area contributed by atoms with Crippen molar-refractivity contribution in [3.63, 3.8) is 0 Å². The fourth-order valence-electron chi connectivity index (χ4n) is 2.41. The number of nitrogens with one attached hydrogen (secondary N) is 1. The molecule has 7 nitrogen and oxygen atoms in total. The molecule has 1 amide bonds. The number of carbonyl (C=O) groups is 1. The number of rotatable bonds is 7. The second-order valence-electron chi connectivity index (χ2n) is 5.66. The second-order valence-corrected chi connectivity index (χ2v) is 5.66. The molecule has 0 unspecified atom stereocenters. The number of hydrogen-bond donors (Lipinski definition) is 2. The molecule has 1 atom stereocenters. The van der Waals surface area contributed by atoms with Crippen molar-refractivity contribution in [2.75, 3.05) is 6.54 Å². The van der Waals surface area contributed by atoms with E-state index >= 15 is 0 Å². The highest BCUT2D eigenvalue weighted by Crippen LogP contribution is 2.14. The number of amides is 1. The van der Waals surface area contributed by atoms with E-state index < -0.39 is 6.04 Å². The second kappa shape index (κ2) is 8.16. The van der Waals surface area contributed by atoms with Crippen LogP contribution in [-0.2, 0) is 17.8 Å².